The number of nitrogens with zero attached hydrogens (tertiary/aromatic N) is 1. The number of esters is 1. The summed E-state index contributed by atoms with van der Waals surface area (Å²) in [5.74, 6) is 0.962. The van der Waals surface area contributed by atoms with E-state index in [0.29, 0.717) is 31.3 Å². The molecule has 0 aromatic heterocycles. The standard InChI is InChI=1S/C22H31NO5/c1-4-27-19-12-10-17(16-20(19)26-3)11-13-21(24)23(18-8-6-7-9-18)15-14-22(25)28-5-2/h10-13,16,18H,4-9,14-15H2,1-3H3/b13-11+. The number of amides is 1. The van der Waals surface area contributed by atoms with Gasteiger partial charge < -0.3 is 19.1 Å². The Hall–Kier alpha value is -2.50. The number of carbonyl (C=O) groups excluding carboxylic acids is 2. The lowest BCUT2D eigenvalue weighted by atomic mass is 10.1. The van der Waals surface area contributed by atoms with Crippen LogP contribution in [0.15, 0.2) is 24.3 Å². The van der Waals surface area contributed by atoms with E-state index in [0.717, 1.165) is 31.2 Å². The SMILES string of the molecule is CCOC(=O)CCN(C(=O)/C=C/c1ccc(OCC)c(OC)c1)C1CCCC1. The van der Waals surface area contributed by atoms with E-state index in [-0.39, 0.29) is 24.3 Å². The molecule has 6 heteroatoms. The molecule has 0 bridgehead atoms. The van der Waals surface area contributed by atoms with E-state index < -0.39 is 0 Å². The highest BCUT2D eigenvalue weighted by Gasteiger charge is 2.26. The second-order valence-electron chi connectivity index (χ2n) is 6.70. The Bertz CT molecular complexity index is 680. The predicted molar refractivity (Wildman–Crippen MR) is 108 cm³/mol. The zero-order valence-electron chi connectivity index (χ0n) is 17.1. The summed E-state index contributed by atoms with van der Waals surface area (Å²) in [5.41, 5.74) is 0.852. The molecule has 0 spiro atoms. The maximum Gasteiger partial charge on any atom is 0.307 e. The predicted octanol–water partition coefficient (Wildman–Crippen LogP) is 3.83. The van der Waals surface area contributed by atoms with Gasteiger partial charge in [0.15, 0.2) is 11.5 Å². The van der Waals surface area contributed by atoms with Crippen molar-refractivity contribution in [2.75, 3.05) is 26.9 Å². The van der Waals surface area contributed by atoms with E-state index in [1.165, 1.54) is 0 Å². The third-order valence-electron chi connectivity index (χ3n) is 4.82. The molecule has 2 rings (SSSR count). The number of benzene rings is 1. The first kappa shape index (κ1) is 21.8. The Balaban J connectivity index is 2.07. The van der Waals surface area contributed by atoms with Crippen LogP contribution in [0.5, 0.6) is 11.5 Å². The summed E-state index contributed by atoms with van der Waals surface area (Å²) in [6.07, 6.45) is 7.77. The topological polar surface area (TPSA) is 65.1 Å². The maximum absolute atomic E-state index is 12.8. The normalized spacial score (nSPS) is 14.2. The lowest BCUT2D eigenvalue weighted by Crippen LogP contribution is -2.39. The van der Waals surface area contributed by atoms with Crippen LogP contribution in [0.2, 0.25) is 0 Å². The van der Waals surface area contributed by atoms with Gasteiger partial charge in [0.25, 0.3) is 0 Å². The van der Waals surface area contributed by atoms with E-state index in [4.69, 9.17) is 14.2 Å². The molecule has 1 aromatic rings. The number of ether oxygens (including phenoxy) is 3. The van der Waals surface area contributed by atoms with Crippen LogP contribution in [0.1, 0.15) is 51.5 Å². The molecule has 0 aliphatic heterocycles. The number of hydrogen-bond donors (Lipinski definition) is 0. The van der Waals surface area contributed by atoms with E-state index in [9.17, 15) is 9.59 Å². The van der Waals surface area contributed by atoms with Gasteiger partial charge in [-0.3, -0.25) is 9.59 Å². The van der Waals surface area contributed by atoms with Gasteiger partial charge in [0, 0.05) is 18.7 Å². The summed E-state index contributed by atoms with van der Waals surface area (Å²) in [6.45, 7) is 5.00. The van der Waals surface area contributed by atoms with Crippen molar-refractivity contribution < 1.29 is 23.8 Å². The van der Waals surface area contributed by atoms with Crippen LogP contribution >= 0.6 is 0 Å². The van der Waals surface area contributed by atoms with E-state index in [1.807, 2.05) is 30.0 Å². The van der Waals surface area contributed by atoms with E-state index in [2.05, 4.69) is 0 Å². The fourth-order valence-electron chi connectivity index (χ4n) is 3.46. The average Bonchev–Trinajstić information content (AvgIpc) is 3.22. The molecule has 0 N–H and O–H groups in total. The molecule has 6 nitrogen and oxygen atoms in total. The number of rotatable bonds is 10. The van der Waals surface area contributed by atoms with Crippen molar-refractivity contribution in [1.82, 2.24) is 4.90 Å². The van der Waals surface area contributed by atoms with Gasteiger partial charge >= 0.3 is 5.97 Å². The molecule has 1 aliphatic rings. The molecule has 1 amide bonds. The largest absolute Gasteiger partial charge is 0.493 e. The minimum absolute atomic E-state index is 0.0796. The van der Waals surface area contributed by atoms with E-state index in [1.54, 1.807) is 26.2 Å². The van der Waals surface area contributed by atoms with Crippen molar-refractivity contribution in [2.45, 2.75) is 52.0 Å². The monoisotopic (exact) mass is 389 g/mol. The van der Waals surface area contributed by atoms with Crippen molar-refractivity contribution in [3.05, 3.63) is 29.8 Å². The minimum Gasteiger partial charge on any atom is -0.493 e. The zero-order chi connectivity index (χ0) is 20.4. The van der Waals surface area contributed by atoms with Gasteiger partial charge in [-0.1, -0.05) is 18.9 Å². The summed E-state index contributed by atoms with van der Waals surface area (Å²) in [5, 5.41) is 0. The first-order valence-electron chi connectivity index (χ1n) is 10.0. The third-order valence-corrected chi connectivity index (χ3v) is 4.82. The smallest absolute Gasteiger partial charge is 0.307 e. The van der Waals surface area contributed by atoms with Crippen LogP contribution < -0.4 is 9.47 Å². The first-order chi connectivity index (χ1) is 13.6. The Labute approximate surface area is 167 Å². The fourth-order valence-corrected chi connectivity index (χ4v) is 3.46. The maximum atomic E-state index is 12.8. The number of carbonyl (C=O) groups is 2. The second-order valence-corrected chi connectivity index (χ2v) is 6.70. The van der Waals surface area contributed by atoms with Crippen molar-refractivity contribution in [1.29, 1.82) is 0 Å². The van der Waals surface area contributed by atoms with E-state index >= 15 is 0 Å². The molecule has 0 heterocycles. The van der Waals surface area contributed by atoms with Gasteiger partial charge in [0.2, 0.25) is 5.91 Å². The van der Waals surface area contributed by atoms with Crippen LogP contribution in [0, 0.1) is 0 Å². The molecule has 0 radical (unpaired) electrons. The highest BCUT2D eigenvalue weighted by molar-refractivity contribution is 5.92. The molecular formula is C22H31NO5. The molecule has 28 heavy (non-hydrogen) atoms. The summed E-state index contributed by atoms with van der Waals surface area (Å²) in [4.78, 5) is 26.4. The molecule has 1 aliphatic carbocycles. The fraction of sp³-hybridized carbons (Fsp3) is 0.545. The Morgan fingerprint density at radius 3 is 2.54 bits per heavy atom. The van der Waals surface area contributed by atoms with Crippen LogP contribution in [0.25, 0.3) is 6.08 Å². The molecule has 1 aromatic carbocycles. The van der Waals surface area contributed by atoms with Gasteiger partial charge in [-0.05, 0) is 50.5 Å². The Morgan fingerprint density at radius 1 is 1.14 bits per heavy atom. The Kier molecular flexibility index (Phi) is 8.85. The van der Waals surface area contributed by atoms with Crippen molar-refractivity contribution in [3.8, 4) is 11.5 Å². The molecule has 1 saturated carbocycles. The van der Waals surface area contributed by atoms with Gasteiger partial charge in [-0.2, -0.15) is 0 Å². The molecule has 0 atom stereocenters. The lowest BCUT2D eigenvalue weighted by molar-refractivity contribution is -0.144. The lowest BCUT2D eigenvalue weighted by Gasteiger charge is -2.27. The molecule has 0 unspecified atom stereocenters. The van der Waals surface area contributed by atoms with Gasteiger partial charge in [0.1, 0.15) is 0 Å². The number of hydrogen-bond acceptors (Lipinski definition) is 5. The first-order valence-corrected chi connectivity index (χ1v) is 10.0. The number of methoxy groups -OCH3 is 1. The zero-order valence-corrected chi connectivity index (χ0v) is 17.1. The minimum atomic E-state index is -0.265. The molecule has 154 valence electrons. The van der Waals surface area contributed by atoms with Crippen LogP contribution in [0.3, 0.4) is 0 Å². The summed E-state index contributed by atoms with van der Waals surface area (Å²) < 4.78 is 15.9. The molecule has 1 fully saturated rings. The van der Waals surface area contributed by atoms with Gasteiger partial charge in [0.05, 0.1) is 26.7 Å². The van der Waals surface area contributed by atoms with Gasteiger partial charge in [-0.25, -0.2) is 0 Å². The molecular weight excluding hydrogens is 358 g/mol. The summed E-state index contributed by atoms with van der Waals surface area (Å²) in [7, 11) is 1.59. The quantitative estimate of drug-likeness (QED) is 0.449. The van der Waals surface area contributed by atoms with Gasteiger partial charge in [-0.15, -0.1) is 0 Å². The Morgan fingerprint density at radius 2 is 1.89 bits per heavy atom. The second kappa shape index (κ2) is 11.4. The summed E-state index contributed by atoms with van der Waals surface area (Å²) >= 11 is 0. The highest BCUT2D eigenvalue weighted by Crippen LogP contribution is 2.29. The third kappa shape index (κ3) is 6.29. The molecule has 0 saturated heterocycles. The average molecular weight is 389 g/mol. The van der Waals surface area contributed by atoms with Crippen LogP contribution in [-0.4, -0.2) is 49.7 Å². The van der Waals surface area contributed by atoms with Crippen molar-refractivity contribution in [2.24, 2.45) is 0 Å². The van der Waals surface area contributed by atoms with Crippen LogP contribution in [0.4, 0.5) is 0 Å². The highest BCUT2D eigenvalue weighted by atomic mass is 16.5. The van der Waals surface area contributed by atoms with Crippen molar-refractivity contribution in [3.63, 3.8) is 0 Å². The summed E-state index contributed by atoms with van der Waals surface area (Å²) in [6, 6.07) is 5.76. The van der Waals surface area contributed by atoms with Crippen molar-refractivity contribution >= 4 is 18.0 Å². The van der Waals surface area contributed by atoms with Crippen LogP contribution in [-0.2, 0) is 14.3 Å².